The van der Waals surface area contributed by atoms with Gasteiger partial charge in [-0.15, -0.1) is 0 Å². The Balaban J connectivity index is 1.35. The summed E-state index contributed by atoms with van der Waals surface area (Å²) in [7, 11) is -2.75. The van der Waals surface area contributed by atoms with E-state index in [0.29, 0.717) is 36.2 Å². The van der Waals surface area contributed by atoms with Crippen molar-refractivity contribution in [2.45, 2.75) is 24.3 Å². The molecule has 2 aromatic carbocycles. The number of benzene rings is 2. The molecule has 3 atom stereocenters. The lowest BCUT2D eigenvalue weighted by Gasteiger charge is -2.19. The van der Waals surface area contributed by atoms with Crippen LogP contribution in [0.4, 0.5) is 5.69 Å². The van der Waals surface area contributed by atoms with E-state index in [2.05, 4.69) is 22.2 Å². The zero-order chi connectivity index (χ0) is 24.6. The molecule has 1 amide bonds. The predicted octanol–water partition coefficient (Wildman–Crippen LogP) is 2.87. The zero-order valence-corrected chi connectivity index (χ0v) is 20.0. The lowest BCUT2D eigenvalue weighted by molar-refractivity contribution is -0.125. The number of rotatable bonds is 7. The largest absolute Gasteiger partial charge is 0.486 e. The molecule has 2 bridgehead atoms. The van der Waals surface area contributed by atoms with Crippen molar-refractivity contribution < 1.29 is 32.2 Å². The quantitative estimate of drug-likeness (QED) is 0.445. The van der Waals surface area contributed by atoms with Crippen LogP contribution < -0.4 is 19.5 Å². The summed E-state index contributed by atoms with van der Waals surface area (Å²) < 4.78 is 44.4. The number of methoxy groups -OCH3 is 1. The molecule has 1 aliphatic heterocycles. The third kappa shape index (κ3) is 4.84. The number of hydrogen-bond acceptors (Lipinski definition) is 7. The summed E-state index contributed by atoms with van der Waals surface area (Å²) in [5, 5.41) is 2.93. The van der Waals surface area contributed by atoms with Crippen LogP contribution in [0.5, 0.6) is 11.5 Å². The van der Waals surface area contributed by atoms with Crippen LogP contribution in [0.25, 0.3) is 0 Å². The van der Waals surface area contributed by atoms with E-state index in [9.17, 15) is 18.0 Å². The van der Waals surface area contributed by atoms with E-state index in [0.717, 1.165) is 12.8 Å². The molecule has 1 saturated carbocycles. The standard InChI is InChI=1S/C25H26N2O7S/c1-32-25(29)18-9-16(14-26-24(28)21-11-15-2-3-17(21)8-15)10-19(12-18)27-35(30,31)20-4-5-22-23(13-20)34-7-6-33-22/h2-5,9-10,12-13,15,17,21,27H,6-8,11,14H2,1H3,(H,26,28)/t15-,17+,21-/m1/s1. The molecule has 10 heteroatoms. The summed E-state index contributed by atoms with van der Waals surface area (Å²) in [4.78, 5) is 24.9. The number of ether oxygens (including phenoxy) is 3. The van der Waals surface area contributed by atoms with Gasteiger partial charge in [-0.2, -0.15) is 0 Å². The summed E-state index contributed by atoms with van der Waals surface area (Å²) in [6, 6.07) is 8.92. The Morgan fingerprint density at radius 3 is 2.54 bits per heavy atom. The molecular weight excluding hydrogens is 472 g/mol. The fourth-order valence-electron chi connectivity index (χ4n) is 4.90. The molecule has 9 nitrogen and oxygen atoms in total. The van der Waals surface area contributed by atoms with Gasteiger partial charge in [-0.1, -0.05) is 12.2 Å². The molecule has 1 heterocycles. The van der Waals surface area contributed by atoms with Crippen molar-refractivity contribution in [3.63, 3.8) is 0 Å². The number of amides is 1. The Hall–Kier alpha value is -3.53. The van der Waals surface area contributed by atoms with Crippen molar-refractivity contribution >= 4 is 27.6 Å². The second kappa shape index (κ2) is 9.26. The van der Waals surface area contributed by atoms with E-state index >= 15 is 0 Å². The van der Waals surface area contributed by atoms with Crippen LogP contribution in [0.2, 0.25) is 0 Å². The number of anilines is 1. The van der Waals surface area contributed by atoms with Crippen molar-refractivity contribution in [3.05, 3.63) is 59.7 Å². The molecule has 184 valence electrons. The Labute approximate surface area is 203 Å². The Morgan fingerprint density at radius 2 is 1.83 bits per heavy atom. The second-order valence-corrected chi connectivity index (χ2v) is 10.6. The molecule has 0 unspecified atom stereocenters. The van der Waals surface area contributed by atoms with Gasteiger partial charge in [0.2, 0.25) is 5.91 Å². The number of fused-ring (bicyclic) bond motifs is 3. The summed E-state index contributed by atoms with van der Waals surface area (Å²) in [6.45, 7) is 0.883. The van der Waals surface area contributed by atoms with Crippen molar-refractivity contribution in [1.82, 2.24) is 5.32 Å². The smallest absolute Gasteiger partial charge is 0.337 e. The van der Waals surface area contributed by atoms with Gasteiger partial charge in [0.25, 0.3) is 10.0 Å². The van der Waals surface area contributed by atoms with Crippen molar-refractivity contribution in [2.75, 3.05) is 25.0 Å². The highest BCUT2D eigenvalue weighted by Crippen LogP contribution is 2.43. The highest BCUT2D eigenvalue weighted by atomic mass is 32.2. The fourth-order valence-corrected chi connectivity index (χ4v) is 5.95. The lowest BCUT2D eigenvalue weighted by atomic mass is 9.93. The number of carbonyl (C=O) groups is 2. The first-order valence-electron chi connectivity index (χ1n) is 11.4. The van der Waals surface area contributed by atoms with Crippen LogP contribution in [0.15, 0.2) is 53.4 Å². The van der Waals surface area contributed by atoms with E-state index < -0.39 is 16.0 Å². The Kier molecular flexibility index (Phi) is 6.14. The number of sulfonamides is 1. The Morgan fingerprint density at radius 1 is 1.03 bits per heavy atom. The summed E-state index contributed by atoms with van der Waals surface area (Å²) in [6.07, 6.45) is 6.15. The van der Waals surface area contributed by atoms with Gasteiger partial charge in [0.05, 0.1) is 23.3 Å². The van der Waals surface area contributed by atoms with Gasteiger partial charge < -0.3 is 19.5 Å². The molecule has 5 rings (SSSR count). The number of nitrogens with one attached hydrogen (secondary N) is 2. The van der Waals surface area contributed by atoms with Gasteiger partial charge in [-0.05, 0) is 60.6 Å². The molecule has 2 N–H and O–H groups in total. The molecular formula is C25H26N2O7S. The minimum absolute atomic E-state index is 0.00980. The van der Waals surface area contributed by atoms with Crippen LogP contribution in [-0.2, 0) is 26.1 Å². The highest BCUT2D eigenvalue weighted by molar-refractivity contribution is 7.92. The maximum Gasteiger partial charge on any atom is 0.337 e. The molecule has 2 aliphatic carbocycles. The molecule has 0 radical (unpaired) electrons. The van der Waals surface area contributed by atoms with Crippen LogP contribution >= 0.6 is 0 Å². The maximum absolute atomic E-state index is 13.1. The first kappa shape index (κ1) is 23.2. The number of hydrogen-bond donors (Lipinski definition) is 2. The van der Waals surface area contributed by atoms with Gasteiger partial charge >= 0.3 is 5.97 Å². The molecule has 3 aliphatic rings. The topological polar surface area (TPSA) is 120 Å². The maximum atomic E-state index is 13.1. The first-order chi connectivity index (χ1) is 16.8. The average molecular weight is 499 g/mol. The Bertz CT molecular complexity index is 1300. The SMILES string of the molecule is COC(=O)c1cc(CNC(=O)[C@@H]2C[C@@H]3C=C[C@H]2C3)cc(NS(=O)(=O)c2ccc3c(c2)OCCO3)c1. The normalized spacial score (nSPS) is 22.0. The molecule has 0 spiro atoms. The van der Waals surface area contributed by atoms with E-state index in [4.69, 9.17) is 14.2 Å². The fraction of sp³-hybridized carbons (Fsp3) is 0.360. The zero-order valence-electron chi connectivity index (χ0n) is 19.2. The molecule has 0 saturated heterocycles. The van der Waals surface area contributed by atoms with Gasteiger partial charge in [0.15, 0.2) is 11.5 Å². The molecule has 0 aromatic heterocycles. The van der Waals surface area contributed by atoms with E-state index in [1.807, 2.05) is 0 Å². The van der Waals surface area contributed by atoms with Gasteiger partial charge in [0.1, 0.15) is 13.2 Å². The van der Waals surface area contributed by atoms with Crippen LogP contribution in [0.1, 0.15) is 28.8 Å². The van der Waals surface area contributed by atoms with Crippen molar-refractivity contribution in [1.29, 1.82) is 0 Å². The summed E-state index contributed by atoms with van der Waals surface area (Å²) >= 11 is 0. The lowest BCUT2D eigenvalue weighted by Crippen LogP contribution is -2.32. The summed E-state index contributed by atoms with van der Waals surface area (Å²) in [5.41, 5.74) is 0.914. The van der Waals surface area contributed by atoms with Crippen LogP contribution in [0.3, 0.4) is 0 Å². The second-order valence-electron chi connectivity index (χ2n) is 8.93. The van der Waals surface area contributed by atoms with E-state index in [1.54, 1.807) is 18.2 Å². The predicted molar refractivity (Wildman–Crippen MR) is 127 cm³/mol. The van der Waals surface area contributed by atoms with E-state index in [1.165, 1.54) is 25.3 Å². The third-order valence-corrected chi connectivity index (χ3v) is 7.95. The van der Waals surface area contributed by atoms with E-state index in [-0.39, 0.29) is 40.4 Å². The molecule has 2 aromatic rings. The van der Waals surface area contributed by atoms with Gasteiger partial charge in [-0.3, -0.25) is 9.52 Å². The van der Waals surface area contributed by atoms with Crippen molar-refractivity contribution in [2.24, 2.45) is 17.8 Å². The number of esters is 1. The summed E-state index contributed by atoms with van der Waals surface area (Å²) in [5.74, 6) is 0.866. The molecule has 35 heavy (non-hydrogen) atoms. The third-order valence-electron chi connectivity index (χ3n) is 6.57. The van der Waals surface area contributed by atoms with Gasteiger partial charge in [0, 0.05) is 18.5 Å². The van der Waals surface area contributed by atoms with Gasteiger partial charge in [-0.25, -0.2) is 13.2 Å². The highest BCUT2D eigenvalue weighted by Gasteiger charge is 2.39. The minimum Gasteiger partial charge on any atom is -0.486 e. The van der Waals surface area contributed by atoms with Crippen molar-refractivity contribution in [3.8, 4) is 11.5 Å². The number of allylic oxidation sites excluding steroid dienone is 2. The van der Waals surface area contributed by atoms with Crippen LogP contribution in [0, 0.1) is 17.8 Å². The monoisotopic (exact) mass is 498 g/mol. The van der Waals surface area contributed by atoms with Crippen LogP contribution in [-0.4, -0.2) is 40.6 Å². The average Bonchev–Trinajstić information content (AvgIpc) is 3.50. The molecule has 1 fully saturated rings. The minimum atomic E-state index is -4.00. The first-order valence-corrected chi connectivity index (χ1v) is 12.9. The number of carbonyl (C=O) groups excluding carboxylic acids is 2.